The maximum Gasteiger partial charge on any atom is 0.179 e. The predicted molar refractivity (Wildman–Crippen MR) is 299 cm³/mol. The molecule has 0 bridgehead atoms. The minimum absolute atomic E-state index is 1.13. The molecule has 0 aliphatic heterocycles. The van der Waals surface area contributed by atoms with Gasteiger partial charge in [-0.05, 0) is 80.9 Å². The van der Waals surface area contributed by atoms with E-state index < -0.39 is 8.07 Å². The Hall–Kier alpha value is -8.96. The van der Waals surface area contributed by atoms with Crippen molar-refractivity contribution in [2.45, 2.75) is 0 Å². The summed E-state index contributed by atoms with van der Waals surface area (Å²) in [5.41, 5.74) is 12.9. The summed E-state index contributed by atoms with van der Waals surface area (Å²) in [4.78, 5) is 0. The molecule has 0 fully saturated rings. The fraction of sp³-hybridized carbons (Fsp3) is 0. The van der Waals surface area contributed by atoms with Gasteiger partial charge in [-0.2, -0.15) is 0 Å². The number of hydrogen-bond acceptors (Lipinski definition) is 0. The minimum atomic E-state index is -2.73. The first-order valence-electron chi connectivity index (χ1n) is 24.2. The van der Waals surface area contributed by atoms with E-state index in [-0.39, 0.29) is 0 Å². The van der Waals surface area contributed by atoms with Gasteiger partial charge in [0.25, 0.3) is 0 Å². The van der Waals surface area contributed by atoms with E-state index >= 15 is 0 Å². The number of hydrogen-bond donors (Lipinski definition) is 0. The van der Waals surface area contributed by atoms with Crippen LogP contribution in [0.2, 0.25) is 0 Å². The lowest BCUT2D eigenvalue weighted by Crippen LogP contribution is -2.74. The second-order valence-corrected chi connectivity index (χ2v) is 22.2. The van der Waals surface area contributed by atoms with E-state index in [9.17, 15) is 0 Å². The molecule has 328 valence electrons. The van der Waals surface area contributed by atoms with Crippen molar-refractivity contribution in [1.82, 2.24) is 13.7 Å². The van der Waals surface area contributed by atoms with Crippen molar-refractivity contribution in [2.75, 3.05) is 0 Å². The molecule has 0 spiro atoms. The largest absolute Gasteiger partial charge is 0.309 e. The molecule has 0 unspecified atom stereocenters. The Kier molecular flexibility index (Phi) is 9.23. The van der Waals surface area contributed by atoms with Gasteiger partial charge in [0.05, 0.1) is 38.8 Å². The molecule has 0 aliphatic carbocycles. The summed E-state index contributed by atoms with van der Waals surface area (Å²) >= 11 is 0. The van der Waals surface area contributed by atoms with Crippen LogP contribution in [0.5, 0.6) is 0 Å². The molecule has 4 heteroatoms. The van der Waals surface area contributed by atoms with Crippen LogP contribution >= 0.6 is 0 Å². The number of benzene rings is 11. The maximum absolute atomic E-state index is 2.73. The molecule has 0 aliphatic rings. The van der Waals surface area contributed by atoms with E-state index in [1.54, 1.807) is 0 Å². The minimum Gasteiger partial charge on any atom is -0.309 e. The van der Waals surface area contributed by atoms with E-state index in [1.807, 2.05) is 0 Å². The lowest BCUT2D eigenvalue weighted by Gasteiger charge is -2.34. The smallest absolute Gasteiger partial charge is 0.179 e. The first kappa shape index (κ1) is 40.1. The van der Waals surface area contributed by atoms with Crippen LogP contribution in [0.4, 0.5) is 0 Å². The van der Waals surface area contributed by atoms with Gasteiger partial charge in [0.1, 0.15) is 0 Å². The average molecular weight is 908 g/mol. The Morgan fingerprint density at radius 2 is 0.643 bits per heavy atom. The lowest BCUT2D eigenvalue weighted by molar-refractivity contribution is 1.13. The van der Waals surface area contributed by atoms with Crippen molar-refractivity contribution < 1.29 is 0 Å². The van der Waals surface area contributed by atoms with Gasteiger partial charge in [0.15, 0.2) is 8.07 Å². The number of nitrogens with zero attached hydrogens (tertiary/aromatic N) is 3. The topological polar surface area (TPSA) is 14.8 Å². The second kappa shape index (κ2) is 16.1. The van der Waals surface area contributed by atoms with Crippen molar-refractivity contribution in [3.63, 3.8) is 0 Å². The quantitative estimate of drug-likeness (QED) is 0.107. The van der Waals surface area contributed by atoms with Crippen LogP contribution in [-0.2, 0) is 0 Å². The molecule has 0 saturated carbocycles. The molecular weight excluding hydrogens is 863 g/mol. The Morgan fingerprint density at radius 3 is 1.21 bits per heavy atom. The zero-order chi connectivity index (χ0) is 46.2. The van der Waals surface area contributed by atoms with E-state index in [0.717, 1.165) is 17.1 Å². The third kappa shape index (κ3) is 5.94. The number of fused-ring (bicyclic) bond motifs is 9. The van der Waals surface area contributed by atoms with Crippen LogP contribution in [0.15, 0.2) is 273 Å². The lowest BCUT2D eigenvalue weighted by atomic mass is 10.00. The zero-order valence-corrected chi connectivity index (χ0v) is 39.3. The Bertz CT molecular complexity index is 4170. The van der Waals surface area contributed by atoms with Crippen LogP contribution < -0.4 is 20.7 Å². The van der Waals surface area contributed by atoms with Gasteiger partial charge < -0.3 is 13.7 Å². The molecule has 0 N–H and O–H groups in total. The van der Waals surface area contributed by atoms with Crippen LogP contribution in [0.1, 0.15) is 0 Å². The molecule has 0 saturated heterocycles. The normalized spacial score (nSPS) is 12.0. The highest BCUT2D eigenvalue weighted by Crippen LogP contribution is 2.43. The fourth-order valence-corrected chi connectivity index (χ4v) is 16.6. The molecule has 0 atom stereocenters. The average Bonchev–Trinajstić information content (AvgIpc) is 4.08. The van der Waals surface area contributed by atoms with E-state index in [1.165, 1.54) is 97.3 Å². The molecule has 3 aromatic heterocycles. The molecule has 70 heavy (non-hydrogen) atoms. The summed E-state index contributed by atoms with van der Waals surface area (Å²) in [6, 6.07) is 101. The van der Waals surface area contributed by atoms with Gasteiger partial charge in [0, 0.05) is 49.3 Å². The van der Waals surface area contributed by atoms with Crippen molar-refractivity contribution >= 4 is 94.2 Å². The Labute approximate surface area is 407 Å². The summed E-state index contributed by atoms with van der Waals surface area (Å²) in [5.74, 6) is 0. The van der Waals surface area contributed by atoms with E-state index in [0.29, 0.717) is 0 Å². The van der Waals surface area contributed by atoms with Crippen LogP contribution in [0, 0.1) is 0 Å². The van der Waals surface area contributed by atoms with Crippen LogP contribution in [0.25, 0.3) is 93.6 Å². The second-order valence-electron chi connectivity index (χ2n) is 18.4. The number of para-hydroxylation sites is 6. The standard InChI is InChI=1S/C66H45N3Si/c1-5-21-47(22-6-1)67-60-35-16-14-30-55(60)58-33-19-32-53(65(58)67)46-39-44-57-54-29-13-18-37-62(54)69(64(57)45-46)63-38-20-34-59-56-31-15-17-36-61(56)68(66(59)63)48-40-42-52(43-41-48)70(49-23-7-2-8-24-49,50-25-9-3-10-26-50)51-27-11-4-12-28-51/h1-45H. The summed E-state index contributed by atoms with van der Waals surface area (Å²) in [6.07, 6.45) is 0. The molecule has 3 nitrogen and oxygen atoms in total. The van der Waals surface area contributed by atoms with E-state index in [4.69, 9.17) is 0 Å². The molecule has 11 aromatic carbocycles. The Morgan fingerprint density at radius 1 is 0.243 bits per heavy atom. The van der Waals surface area contributed by atoms with Crippen molar-refractivity contribution in [1.29, 1.82) is 0 Å². The summed E-state index contributed by atoms with van der Waals surface area (Å²) in [5, 5.41) is 12.8. The SMILES string of the molecule is c1ccc(-n2c3ccccc3c3cccc(-c4ccc5c6ccccc6n(-c6cccc7c8ccccc8n(-c8ccc([Si](c9ccccc9)(c9ccccc9)c9ccccc9)cc8)c67)c5c4)c32)cc1. The third-order valence-electron chi connectivity index (χ3n) is 14.8. The molecule has 14 rings (SSSR count). The first-order valence-corrected chi connectivity index (χ1v) is 26.2. The number of rotatable bonds is 8. The van der Waals surface area contributed by atoms with Gasteiger partial charge in [-0.25, -0.2) is 0 Å². The van der Waals surface area contributed by atoms with Gasteiger partial charge in [-0.3, -0.25) is 0 Å². The summed E-state index contributed by atoms with van der Waals surface area (Å²) in [7, 11) is -2.73. The van der Waals surface area contributed by atoms with Crippen molar-refractivity contribution in [3.8, 4) is 28.2 Å². The van der Waals surface area contributed by atoms with Crippen LogP contribution in [0.3, 0.4) is 0 Å². The van der Waals surface area contributed by atoms with Gasteiger partial charge >= 0.3 is 0 Å². The van der Waals surface area contributed by atoms with Gasteiger partial charge in [-0.1, -0.05) is 218 Å². The molecule has 3 heterocycles. The highest BCUT2D eigenvalue weighted by atomic mass is 28.3. The monoisotopic (exact) mass is 907 g/mol. The summed E-state index contributed by atoms with van der Waals surface area (Å²) in [6.45, 7) is 0. The molecule has 0 amide bonds. The maximum atomic E-state index is 2.52. The van der Waals surface area contributed by atoms with E-state index in [2.05, 4.69) is 287 Å². The highest BCUT2D eigenvalue weighted by molar-refractivity contribution is 7.19. The van der Waals surface area contributed by atoms with Crippen LogP contribution in [-0.4, -0.2) is 21.8 Å². The Balaban J connectivity index is 1.01. The predicted octanol–water partition coefficient (Wildman–Crippen LogP) is 14.0. The zero-order valence-electron chi connectivity index (χ0n) is 38.3. The fourth-order valence-electron chi connectivity index (χ4n) is 11.9. The highest BCUT2D eigenvalue weighted by Gasteiger charge is 2.41. The molecule has 0 radical (unpaired) electrons. The van der Waals surface area contributed by atoms with Gasteiger partial charge in [-0.15, -0.1) is 0 Å². The summed E-state index contributed by atoms with van der Waals surface area (Å²) < 4.78 is 7.46. The van der Waals surface area contributed by atoms with Gasteiger partial charge in [0.2, 0.25) is 0 Å². The first-order chi connectivity index (χ1) is 34.8. The molecule has 14 aromatic rings. The molecular formula is C66H45N3Si. The van der Waals surface area contributed by atoms with Crippen molar-refractivity contribution in [3.05, 3.63) is 273 Å². The number of aromatic nitrogens is 3. The third-order valence-corrected chi connectivity index (χ3v) is 19.6. The van der Waals surface area contributed by atoms with Crippen molar-refractivity contribution in [2.24, 2.45) is 0 Å².